The third-order valence-electron chi connectivity index (χ3n) is 2.55. The minimum absolute atomic E-state index is 0.202. The van der Waals surface area contributed by atoms with Gasteiger partial charge in [-0.1, -0.05) is 13.8 Å². The average Bonchev–Trinajstić information content (AvgIpc) is 2.55. The molecule has 0 spiro atoms. The summed E-state index contributed by atoms with van der Waals surface area (Å²) < 4.78 is 26.7. The number of H-pyrrole nitrogens is 1. The fourth-order valence-electron chi connectivity index (χ4n) is 1.80. The highest BCUT2D eigenvalue weighted by Gasteiger charge is 2.22. The van der Waals surface area contributed by atoms with Crippen LogP contribution in [0.1, 0.15) is 31.7 Å². The number of sulfonamides is 1. The predicted octanol–water partition coefficient (Wildman–Crippen LogP) is 1.96. The molecule has 1 atom stereocenters. The Morgan fingerprint density at radius 3 is 2.44 bits per heavy atom. The Balaban J connectivity index is 2.72. The zero-order chi connectivity index (χ0) is 13.9. The summed E-state index contributed by atoms with van der Waals surface area (Å²) in [6.45, 7) is 7.67. The summed E-state index contributed by atoms with van der Waals surface area (Å²) in [5, 5.41) is 6.34. The van der Waals surface area contributed by atoms with Gasteiger partial charge < -0.3 is 0 Å². The topological polar surface area (TPSA) is 74.8 Å². The van der Waals surface area contributed by atoms with Gasteiger partial charge in [0.05, 0.1) is 11.4 Å². The van der Waals surface area contributed by atoms with E-state index >= 15 is 0 Å². The summed E-state index contributed by atoms with van der Waals surface area (Å²) >= 11 is 6.07. The van der Waals surface area contributed by atoms with Crippen LogP contribution in [0.25, 0.3) is 0 Å². The van der Waals surface area contributed by atoms with Crippen molar-refractivity contribution in [3.05, 3.63) is 11.4 Å². The minimum Gasteiger partial charge on any atom is -0.281 e. The zero-order valence-electron chi connectivity index (χ0n) is 11.1. The summed E-state index contributed by atoms with van der Waals surface area (Å²) in [6, 6.07) is 0. The molecular formula is C11H20ClN3O2S. The van der Waals surface area contributed by atoms with Crippen LogP contribution in [0.4, 0.5) is 0 Å². The maximum absolute atomic E-state index is 12.1. The van der Waals surface area contributed by atoms with Gasteiger partial charge in [0, 0.05) is 11.9 Å². The van der Waals surface area contributed by atoms with Gasteiger partial charge in [-0.15, -0.1) is 11.6 Å². The van der Waals surface area contributed by atoms with E-state index in [-0.39, 0.29) is 16.8 Å². The number of rotatable bonds is 6. The van der Waals surface area contributed by atoms with E-state index in [2.05, 4.69) is 14.9 Å². The lowest BCUT2D eigenvalue weighted by Gasteiger charge is -2.13. The van der Waals surface area contributed by atoms with Crippen molar-refractivity contribution in [2.45, 2.75) is 44.4 Å². The zero-order valence-corrected chi connectivity index (χ0v) is 12.7. The van der Waals surface area contributed by atoms with Crippen LogP contribution in [-0.4, -0.2) is 30.5 Å². The second-order valence-electron chi connectivity index (χ2n) is 4.84. The molecule has 0 aliphatic carbocycles. The molecule has 1 unspecified atom stereocenters. The minimum atomic E-state index is -3.54. The summed E-state index contributed by atoms with van der Waals surface area (Å²) in [4.78, 5) is 0.218. The van der Waals surface area contributed by atoms with Gasteiger partial charge in [-0.3, -0.25) is 5.10 Å². The number of nitrogens with one attached hydrogen (secondary N) is 2. The molecule has 0 fully saturated rings. The van der Waals surface area contributed by atoms with Gasteiger partial charge >= 0.3 is 0 Å². The van der Waals surface area contributed by atoms with Crippen LogP contribution in [0.3, 0.4) is 0 Å². The number of alkyl halides is 1. The highest BCUT2D eigenvalue weighted by Crippen LogP contribution is 2.17. The van der Waals surface area contributed by atoms with Crippen LogP contribution in [0.5, 0.6) is 0 Å². The molecule has 7 heteroatoms. The molecule has 0 aliphatic rings. The van der Waals surface area contributed by atoms with Crippen molar-refractivity contribution in [3.63, 3.8) is 0 Å². The molecule has 0 saturated heterocycles. The lowest BCUT2D eigenvalue weighted by molar-refractivity contribution is 0.544. The Bertz CT molecular complexity index is 477. The Morgan fingerprint density at radius 1 is 1.39 bits per heavy atom. The molecule has 1 rings (SSSR count). The van der Waals surface area contributed by atoms with Gasteiger partial charge in [0.2, 0.25) is 10.0 Å². The van der Waals surface area contributed by atoms with Crippen LogP contribution in [-0.2, 0) is 10.0 Å². The Kier molecular flexibility index (Phi) is 5.19. The molecule has 18 heavy (non-hydrogen) atoms. The Morgan fingerprint density at radius 2 is 2.00 bits per heavy atom. The highest BCUT2D eigenvalue weighted by atomic mass is 35.5. The van der Waals surface area contributed by atoms with E-state index in [1.165, 1.54) is 0 Å². The molecule has 0 aromatic carbocycles. The van der Waals surface area contributed by atoms with Gasteiger partial charge in [0.1, 0.15) is 4.90 Å². The number of nitrogens with zero attached hydrogens (tertiary/aromatic N) is 1. The van der Waals surface area contributed by atoms with Crippen molar-refractivity contribution in [1.82, 2.24) is 14.9 Å². The Labute approximate surface area is 113 Å². The summed E-state index contributed by atoms with van der Waals surface area (Å²) in [5.41, 5.74) is 1.00. The van der Waals surface area contributed by atoms with Gasteiger partial charge in [-0.25, -0.2) is 13.1 Å². The molecule has 1 aromatic rings. The van der Waals surface area contributed by atoms with Crippen LogP contribution in [0, 0.1) is 19.8 Å². The maximum atomic E-state index is 12.1. The normalized spacial score (nSPS) is 14.1. The first-order chi connectivity index (χ1) is 8.24. The molecule has 2 N–H and O–H groups in total. The van der Waals surface area contributed by atoms with E-state index in [9.17, 15) is 8.42 Å². The summed E-state index contributed by atoms with van der Waals surface area (Å²) in [5.74, 6) is 0.439. The first-order valence-electron chi connectivity index (χ1n) is 5.89. The van der Waals surface area contributed by atoms with Gasteiger partial charge in [-0.05, 0) is 26.2 Å². The number of aromatic nitrogens is 2. The largest absolute Gasteiger partial charge is 0.281 e. The van der Waals surface area contributed by atoms with Crippen molar-refractivity contribution >= 4 is 21.6 Å². The van der Waals surface area contributed by atoms with Crippen molar-refractivity contribution in [2.75, 3.05) is 6.54 Å². The lowest BCUT2D eigenvalue weighted by atomic mass is 10.1. The van der Waals surface area contributed by atoms with Crippen LogP contribution in [0.2, 0.25) is 0 Å². The second kappa shape index (κ2) is 6.04. The quantitative estimate of drug-likeness (QED) is 0.787. The van der Waals surface area contributed by atoms with Crippen LogP contribution >= 0.6 is 11.6 Å². The number of halogens is 1. The third-order valence-corrected chi connectivity index (χ3v) is 4.57. The average molecular weight is 294 g/mol. The number of aromatic amines is 1. The van der Waals surface area contributed by atoms with Crippen molar-refractivity contribution in [3.8, 4) is 0 Å². The van der Waals surface area contributed by atoms with Gasteiger partial charge in [0.25, 0.3) is 0 Å². The number of hydrogen-bond acceptors (Lipinski definition) is 3. The van der Waals surface area contributed by atoms with Crippen LogP contribution in [0.15, 0.2) is 4.90 Å². The van der Waals surface area contributed by atoms with Crippen LogP contribution < -0.4 is 4.72 Å². The molecule has 0 amide bonds. The monoisotopic (exact) mass is 293 g/mol. The fourth-order valence-corrected chi connectivity index (χ4v) is 3.78. The Hall–Kier alpha value is -0.590. The van der Waals surface area contributed by atoms with E-state index in [0.717, 1.165) is 6.42 Å². The molecular weight excluding hydrogens is 274 g/mol. The fraction of sp³-hybridized carbons (Fsp3) is 0.727. The molecule has 1 aromatic heterocycles. The lowest BCUT2D eigenvalue weighted by Crippen LogP contribution is -2.31. The standard InChI is InChI=1S/C11H20ClN3O2S/c1-7(2)5-10(12)6-13-18(16,17)11-8(3)14-15-9(11)4/h7,10,13H,5-6H2,1-4H3,(H,14,15). The van der Waals surface area contributed by atoms with Crippen molar-refractivity contribution in [1.29, 1.82) is 0 Å². The first kappa shape index (κ1) is 15.5. The first-order valence-corrected chi connectivity index (χ1v) is 7.81. The van der Waals surface area contributed by atoms with E-state index < -0.39 is 10.0 Å². The molecule has 104 valence electrons. The molecule has 5 nitrogen and oxygen atoms in total. The van der Waals surface area contributed by atoms with E-state index in [1.807, 2.05) is 13.8 Å². The second-order valence-corrected chi connectivity index (χ2v) is 7.16. The smallest absolute Gasteiger partial charge is 0.244 e. The van der Waals surface area contributed by atoms with Gasteiger partial charge in [0.15, 0.2) is 0 Å². The van der Waals surface area contributed by atoms with Gasteiger partial charge in [-0.2, -0.15) is 5.10 Å². The number of hydrogen-bond donors (Lipinski definition) is 2. The molecule has 0 bridgehead atoms. The van der Waals surface area contributed by atoms with E-state index in [0.29, 0.717) is 17.3 Å². The van der Waals surface area contributed by atoms with E-state index in [1.54, 1.807) is 13.8 Å². The van der Waals surface area contributed by atoms with Crippen molar-refractivity contribution < 1.29 is 8.42 Å². The summed E-state index contributed by atoms with van der Waals surface area (Å²) in [7, 11) is -3.54. The molecule has 1 heterocycles. The maximum Gasteiger partial charge on any atom is 0.244 e. The molecule has 0 radical (unpaired) electrons. The summed E-state index contributed by atoms with van der Waals surface area (Å²) in [6.07, 6.45) is 0.771. The SMILES string of the molecule is Cc1n[nH]c(C)c1S(=O)(=O)NCC(Cl)CC(C)C. The van der Waals surface area contributed by atoms with Crippen molar-refractivity contribution in [2.24, 2.45) is 5.92 Å². The molecule has 0 aliphatic heterocycles. The third kappa shape index (κ3) is 3.96. The highest BCUT2D eigenvalue weighted by molar-refractivity contribution is 7.89. The molecule has 0 saturated carbocycles. The predicted molar refractivity (Wildman–Crippen MR) is 72.3 cm³/mol. The van der Waals surface area contributed by atoms with E-state index in [4.69, 9.17) is 11.6 Å². The number of aryl methyl sites for hydroxylation is 2.